The number of pyridine rings is 1. The Labute approximate surface area is 226 Å². The zero-order valence-corrected chi connectivity index (χ0v) is 22.8. The van der Waals surface area contributed by atoms with Crippen LogP contribution in [0.4, 0.5) is 19.0 Å². The first-order chi connectivity index (χ1) is 17.7. The second-order valence-electron chi connectivity index (χ2n) is 10.4. The highest BCUT2D eigenvalue weighted by atomic mass is 35.5. The summed E-state index contributed by atoms with van der Waals surface area (Å²) in [6, 6.07) is 9.88. The Morgan fingerprint density at radius 2 is 1.68 bits per heavy atom. The van der Waals surface area contributed by atoms with E-state index in [1.807, 2.05) is 0 Å². The van der Waals surface area contributed by atoms with Crippen molar-refractivity contribution >= 4 is 29.2 Å². The minimum absolute atomic E-state index is 0.0647. The number of carbonyl (C=O) groups excluding carboxylic acids is 2. The second kappa shape index (κ2) is 11.5. The van der Waals surface area contributed by atoms with E-state index in [-0.39, 0.29) is 23.0 Å². The zero-order valence-electron chi connectivity index (χ0n) is 22.1. The Bertz CT molecular complexity index is 1140. The molecule has 1 N–H and O–H groups in total. The summed E-state index contributed by atoms with van der Waals surface area (Å²) in [7, 11) is 4.57. The Balaban J connectivity index is 1.57. The number of aromatic nitrogens is 1. The molecule has 2 aromatic rings. The summed E-state index contributed by atoms with van der Waals surface area (Å²) in [5.74, 6) is -0.929. The van der Waals surface area contributed by atoms with E-state index in [1.165, 1.54) is 30.1 Å². The molecule has 11 heteroatoms. The van der Waals surface area contributed by atoms with Crippen LogP contribution in [0.5, 0.6) is 0 Å². The van der Waals surface area contributed by atoms with Crippen LogP contribution in [0.2, 0.25) is 5.15 Å². The van der Waals surface area contributed by atoms with E-state index in [1.54, 1.807) is 26.2 Å². The van der Waals surface area contributed by atoms with Crippen LogP contribution in [0, 0.1) is 5.41 Å². The maximum atomic E-state index is 13.8. The fourth-order valence-corrected chi connectivity index (χ4v) is 4.97. The van der Waals surface area contributed by atoms with Gasteiger partial charge in [0.05, 0.1) is 5.56 Å². The summed E-state index contributed by atoms with van der Waals surface area (Å²) >= 11 is 6.26. The van der Waals surface area contributed by atoms with Gasteiger partial charge in [0.2, 0.25) is 0 Å². The van der Waals surface area contributed by atoms with Crippen molar-refractivity contribution in [3.8, 4) is 0 Å². The second-order valence-corrected chi connectivity index (χ2v) is 10.8. The number of piperidine rings is 1. The molecule has 0 aliphatic carbocycles. The topological polar surface area (TPSA) is 77.0 Å². The average molecular weight is 555 g/mol. The first-order valence-corrected chi connectivity index (χ1v) is 12.8. The number of aliphatic hydroxyl groups is 1. The summed E-state index contributed by atoms with van der Waals surface area (Å²) in [6.07, 6.45) is -2.32. The third-order valence-electron chi connectivity index (χ3n) is 7.30. The van der Waals surface area contributed by atoms with Gasteiger partial charge in [0.1, 0.15) is 11.0 Å². The molecule has 38 heavy (non-hydrogen) atoms. The molecule has 2 amide bonds. The highest BCUT2D eigenvalue weighted by molar-refractivity contribution is 6.32. The average Bonchev–Trinajstić information content (AvgIpc) is 2.87. The number of benzene rings is 1. The predicted molar refractivity (Wildman–Crippen MR) is 140 cm³/mol. The minimum Gasteiger partial charge on any atom is -0.369 e. The van der Waals surface area contributed by atoms with Crippen molar-refractivity contribution < 1.29 is 27.9 Å². The summed E-state index contributed by atoms with van der Waals surface area (Å²) in [5.41, 5.74) is -3.83. The Morgan fingerprint density at radius 1 is 1.08 bits per heavy atom. The third-order valence-corrected chi connectivity index (χ3v) is 7.59. The molecule has 3 rings (SSSR count). The van der Waals surface area contributed by atoms with E-state index in [0.717, 1.165) is 29.9 Å². The van der Waals surface area contributed by atoms with Crippen molar-refractivity contribution in [3.63, 3.8) is 0 Å². The fraction of sp³-hybridized carbons (Fsp3) is 0.519. The molecule has 1 atom stereocenters. The zero-order chi connectivity index (χ0) is 28.3. The monoisotopic (exact) mass is 554 g/mol. The van der Waals surface area contributed by atoms with E-state index >= 15 is 0 Å². The summed E-state index contributed by atoms with van der Waals surface area (Å²) in [6.45, 7) is 3.62. The molecule has 1 aliphatic heterocycles. The van der Waals surface area contributed by atoms with Gasteiger partial charge >= 0.3 is 6.18 Å². The van der Waals surface area contributed by atoms with E-state index in [0.29, 0.717) is 37.3 Å². The van der Waals surface area contributed by atoms with Crippen molar-refractivity contribution in [2.75, 3.05) is 45.7 Å². The number of alkyl halides is 3. The van der Waals surface area contributed by atoms with Crippen molar-refractivity contribution in [2.24, 2.45) is 5.41 Å². The van der Waals surface area contributed by atoms with Gasteiger partial charge in [-0.25, -0.2) is 4.98 Å². The lowest BCUT2D eigenvalue weighted by molar-refractivity contribution is -0.261. The van der Waals surface area contributed by atoms with Gasteiger partial charge in [0.25, 0.3) is 17.4 Å². The maximum absolute atomic E-state index is 13.8. The summed E-state index contributed by atoms with van der Waals surface area (Å²) < 4.78 is 41.5. The maximum Gasteiger partial charge on any atom is 0.430 e. The number of anilines is 1. The number of rotatable bonds is 8. The first kappa shape index (κ1) is 29.7. The predicted octanol–water partition coefficient (Wildman–Crippen LogP) is 4.73. The molecule has 1 unspecified atom stereocenters. The first-order valence-electron chi connectivity index (χ1n) is 12.4. The molecule has 0 spiro atoms. The number of likely N-dealkylation sites (N-methyl/N-ethyl adjacent to an activating group) is 1. The van der Waals surface area contributed by atoms with Crippen molar-refractivity contribution in [3.05, 3.63) is 58.7 Å². The van der Waals surface area contributed by atoms with E-state index < -0.39 is 23.2 Å². The molecule has 1 aliphatic rings. The van der Waals surface area contributed by atoms with Crippen molar-refractivity contribution in [1.29, 1.82) is 0 Å². The molecule has 0 saturated carbocycles. The molecule has 0 bridgehead atoms. The lowest BCUT2D eigenvalue weighted by atomic mass is 9.76. The van der Waals surface area contributed by atoms with Crippen molar-refractivity contribution in [1.82, 2.24) is 14.8 Å². The smallest absolute Gasteiger partial charge is 0.369 e. The Hall–Kier alpha value is -2.85. The Morgan fingerprint density at radius 3 is 2.21 bits per heavy atom. The van der Waals surface area contributed by atoms with Crippen LogP contribution in [0.15, 0.2) is 42.5 Å². The number of hydrogen-bond acceptors (Lipinski definition) is 5. The van der Waals surface area contributed by atoms with Crippen LogP contribution < -0.4 is 4.90 Å². The molecular weight excluding hydrogens is 521 g/mol. The van der Waals surface area contributed by atoms with Gasteiger partial charge < -0.3 is 19.8 Å². The lowest BCUT2D eigenvalue weighted by Gasteiger charge is -2.40. The highest BCUT2D eigenvalue weighted by Gasteiger charge is 2.61. The van der Waals surface area contributed by atoms with Crippen LogP contribution >= 0.6 is 11.6 Å². The van der Waals surface area contributed by atoms with Crippen LogP contribution in [0.1, 0.15) is 48.5 Å². The largest absolute Gasteiger partial charge is 0.430 e. The van der Waals surface area contributed by atoms with Crippen LogP contribution in [0.25, 0.3) is 0 Å². The van der Waals surface area contributed by atoms with Crippen LogP contribution in [-0.4, -0.2) is 78.7 Å². The standard InChI is InChI=1S/C27H34ClF3N4O3/c1-25(14-17-35(18-15-25)21-12-11-20(22(28)32-21)23(36)33(2)3)13-8-16-34(4)24(37)26(38,27(29,30)31)19-9-6-5-7-10-19/h5-7,9-12,38H,8,13-18H2,1-4H3. The van der Waals surface area contributed by atoms with Crippen molar-refractivity contribution in [2.45, 2.75) is 44.4 Å². The SMILES string of the molecule is CN(C)C(=O)c1ccc(N2CCC(C)(CCCN(C)C(=O)C(O)(c3ccccc3)C(F)(F)F)CC2)nc1Cl. The van der Waals surface area contributed by atoms with Gasteiger partial charge in [-0.15, -0.1) is 0 Å². The van der Waals surface area contributed by atoms with E-state index in [2.05, 4.69) is 16.8 Å². The minimum atomic E-state index is -5.16. The molecule has 208 valence electrons. The molecule has 7 nitrogen and oxygen atoms in total. The number of carbonyl (C=O) groups is 2. The summed E-state index contributed by atoms with van der Waals surface area (Å²) in [4.78, 5) is 33.9. The molecule has 1 fully saturated rings. The van der Waals surface area contributed by atoms with Gasteiger partial charge in [-0.2, -0.15) is 13.2 Å². The highest BCUT2D eigenvalue weighted by Crippen LogP contribution is 2.41. The molecule has 1 saturated heterocycles. The van der Waals surface area contributed by atoms with Gasteiger partial charge in [0, 0.05) is 46.3 Å². The quantitative estimate of drug-likeness (QED) is 0.477. The van der Waals surface area contributed by atoms with Gasteiger partial charge in [-0.05, 0) is 43.2 Å². The van der Waals surface area contributed by atoms with Crippen LogP contribution in [0.3, 0.4) is 0 Å². The summed E-state index contributed by atoms with van der Waals surface area (Å²) in [5, 5.41) is 10.7. The lowest BCUT2D eigenvalue weighted by Crippen LogP contribution is -2.55. The number of halogens is 4. The fourth-order valence-electron chi connectivity index (χ4n) is 4.74. The molecule has 1 aromatic heterocycles. The van der Waals surface area contributed by atoms with Crippen LogP contribution in [-0.2, 0) is 10.4 Å². The van der Waals surface area contributed by atoms with Gasteiger partial charge in [-0.1, -0.05) is 48.9 Å². The van der Waals surface area contributed by atoms with Gasteiger partial charge in [-0.3, -0.25) is 9.59 Å². The number of hydrogen-bond donors (Lipinski definition) is 1. The number of nitrogens with zero attached hydrogens (tertiary/aromatic N) is 4. The molecule has 0 radical (unpaired) electrons. The van der Waals surface area contributed by atoms with Gasteiger partial charge in [0.15, 0.2) is 0 Å². The number of amides is 2. The van der Waals surface area contributed by atoms with E-state index in [4.69, 9.17) is 11.6 Å². The normalized spacial score (nSPS) is 17.0. The molecule has 1 aromatic carbocycles. The molecule has 2 heterocycles. The Kier molecular flexibility index (Phi) is 8.98. The molecular formula is C27H34ClF3N4O3. The van der Waals surface area contributed by atoms with E-state index in [9.17, 15) is 27.9 Å². The third kappa shape index (κ3) is 6.23.